The fourth-order valence-corrected chi connectivity index (χ4v) is 3.15. The quantitative estimate of drug-likeness (QED) is 0.687. The van der Waals surface area contributed by atoms with Gasteiger partial charge in [0.25, 0.3) is 5.91 Å². The van der Waals surface area contributed by atoms with Gasteiger partial charge in [0, 0.05) is 33.6 Å². The van der Waals surface area contributed by atoms with Crippen LogP contribution in [0.3, 0.4) is 0 Å². The van der Waals surface area contributed by atoms with Crippen molar-refractivity contribution in [2.45, 2.75) is 12.8 Å². The predicted molar refractivity (Wildman–Crippen MR) is 108 cm³/mol. The second-order valence-corrected chi connectivity index (χ2v) is 7.23. The lowest BCUT2D eigenvalue weighted by Gasteiger charge is -2.16. The van der Waals surface area contributed by atoms with Crippen molar-refractivity contribution in [2.24, 2.45) is 0 Å². The molecule has 3 rings (SSSR count). The highest BCUT2D eigenvalue weighted by molar-refractivity contribution is 14.1. The van der Waals surface area contributed by atoms with E-state index >= 15 is 0 Å². The fourth-order valence-electron chi connectivity index (χ4n) is 2.79. The van der Waals surface area contributed by atoms with Gasteiger partial charge in [0.15, 0.2) is 0 Å². The Morgan fingerprint density at radius 1 is 1.00 bits per heavy atom. The lowest BCUT2D eigenvalue weighted by atomic mass is 10.1. The Bertz CT molecular complexity index is 756. The third-order valence-corrected chi connectivity index (χ3v) is 4.80. The van der Waals surface area contributed by atoms with E-state index in [0.29, 0.717) is 11.3 Å². The van der Waals surface area contributed by atoms with E-state index in [1.807, 2.05) is 29.2 Å². The van der Waals surface area contributed by atoms with E-state index in [1.165, 1.54) is 0 Å². The van der Waals surface area contributed by atoms with Crippen molar-refractivity contribution in [2.75, 3.05) is 30.3 Å². The van der Waals surface area contributed by atoms with Gasteiger partial charge in [-0.05, 0) is 77.9 Å². The van der Waals surface area contributed by atoms with Crippen molar-refractivity contribution in [3.63, 3.8) is 0 Å². The van der Waals surface area contributed by atoms with Crippen LogP contribution in [-0.2, 0) is 4.79 Å². The third kappa shape index (κ3) is 4.94. The highest BCUT2D eigenvalue weighted by atomic mass is 127. The number of carbonyl (C=O) groups excluding carboxylic acids is 2. The first-order valence-corrected chi connectivity index (χ1v) is 9.38. The van der Waals surface area contributed by atoms with Gasteiger partial charge in [-0.15, -0.1) is 0 Å². The molecule has 0 aromatic heterocycles. The molecule has 6 heteroatoms. The molecule has 0 radical (unpaired) electrons. The summed E-state index contributed by atoms with van der Waals surface area (Å²) in [6.07, 6.45) is 2.12. The molecule has 0 unspecified atom stereocenters. The smallest absolute Gasteiger partial charge is 0.253 e. The Balaban J connectivity index is 1.56. The van der Waals surface area contributed by atoms with Crippen molar-refractivity contribution in [1.82, 2.24) is 4.90 Å². The lowest BCUT2D eigenvalue weighted by molar-refractivity contribution is -0.114. The first kappa shape index (κ1) is 17.7. The van der Waals surface area contributed by atoms with E-state index in [4.69, 9.17) is 0 Å². The van der Waals surface area contributed by atoms with E-state index in [9.17, 15) is 9.59 Å². The molecular formula is C19H20IN3O2. The van der Waals surface area contributed by atoms with Gasteiger partial charge in [0.2, 0.25) is 5.91 Å². The molecule has 2 amide bonds. The average molecular weight is 449 g/mol. The summed E-state index contributed by atoms with van der Waals surface area (Å²) in [4.78, 5) is 26.4. The van der Waals surface area contributed by atoms with Crippen LogP contribution in [0.5, 0.6) is 0 Å². The van der Waals surface area contributed by atoms with Gasteiger partial charge in [-0.2, -0.15) is 0 Å². The number of nitrogens with zero attached hydrogens (tertiary/aromatic N) is 1. The number of likely N-dealkylation sites (tertiary alicyclic amines) is 1. The van der Waals surface area contributed by atoms with Gasteiger partial charge in [0.1, 0.15) is 0 Å². The highest BCUT2D eigenvalue weighted by Crippen LogP contribution is 2.16. The summed E-state index contributed by atoms with van der Waals surface area (Å²) < 4.78 is 1.15. The van der Waals surface area contributed by atoms with Crippen molar-refractivity contribution in [3.05, 3.63) is 57.7 Å². The predicted octanol–water partition coefficient (Wildman–Crippen LogP) is 3.58. The number of amides is 2. The minimum Gasteiger partial charge on any atom is -0.376 e. The highest BCUT2D eigenvalue weighted by Gasteiger charge is 2.19. The number of carbonyl (C=O) groups is 2. The molecule has 0 bridgehead atoms. The van der Waals surface area contributed by atoms with Crippen molar-refractivity contribution in [1.29, 1.82) is 0 Å². The van der Waals surface area contributed by atoms with Crippen LogP contribution in [0, 0.1) is 3.57 Å². The maximum atomic E-state index is 12.4. The normalized spacial score (nSPS) is 13.6. The maximum Gasteiger partial charge on any atom is 0.253 e. The summed E-state index contributed by atoms with van der Waals surface area (Å²) in [6.45, 7) is 1.80. The molecule has 2 aromatic rings. The minimum absolute atomic E-state index is 0.0330. The SMILES string of the molecule is O=C(CNc1ccc(I)cc1)Nc1cccc(C(=O)N2CCCC2)c1. The summed E-state index contributed by atoms with van der Waals surface area (Å²) in [5.41, 5.74) is 2.15. The van der Waals surface area contributed by atoms with Crippen LogP contribution in [0.2, 0.25) is 0 Å². The molecule has 5 nitrogen and oxygen atoms in total. The van der Waals surface area contributed by atoms with Crippen LogP contribution in [-0.4, -0.2) is 36.3 Å². The molecule has 1 heterocycles. The Labute approximate surface area is 160 Å². The summed E-state index contributed by atoms with van der Waals surface area (Å²) in [5.74, 6) is -0.116. The summed E-state index contributed by atoms with van der Waals surface area (Å²) >= 11 is 2.24. The van der Waals surface area contributed by atoms with Gasteiger partial charge < -0.3 is 15.5 Å². The number of rotatable bonds is 5. The molecule has 2 N–H and O–H groups in total. The van der Waals surface area contributed by atoms with Gasteiger partial charge in [0.05, 0.1) is 6.54 Å². The van der Waals surface area contributed by atoms with Gasteiger partial charge in [-0.3, -0.25) is 9.59 Å². The van der Waals surface area contributed by atoms with Crippen LogP contribution in [0.15, 0.2) is 48.5 Å². The molecule has 2 aromatic carbocycles. The Morgan fingerprint density at radius 2 is 1.72 bits per heavy atom. The molecule has 25 heavy (non-hydrogen) atoms. The van der Waals surface area contributed by atoms with E-state index in [1.54, 1.807) is 24.3 Å². The Kier molecular flexibility index (Phi) is 5.91. The number of hydrogen-bond acceptors (Lipinski definition) is 3. The van der Waals surface area contributed by atoms with Gasteiger partial charge in [-0.25, -0.2) is 0 Å². The molecule has 130 valence electrons. The molecule has 0 aliphatic carbocycles. The largest absolute Gasteiger partial charge is 0.376 e. The van der Waals surface area contributed by atoms with E-state index in [-0.39, 0.29) is 18.4 Å². The Morgan fingerprint density at radius 3 is 2.44 bits per heavy atom. The molecule has 0 saturated carbocycles. The molecule has 1 saturated heterocycles. The second kappa shape index (κ2) is 8.33. The average Bonchev–Trinajstić information content (AvgIpc) is 3.15. The zero-order valence-electron chi connectivity index (χ0n) is 13.8. The van der Waals surface area contributed by atoms with Crippen molar-refractivity contribution >= 4 is 45.8 Å². The molecule has 1 aliphatic rings. The Hall–Kier alpha value is -2.09. The number of benzene rings is 2. The minimum atomic E-state index is -0.149. The van der Waals surface area contributed by atoms with Crippen molar-refractivity contribution < 1.29 is 9.59 Å². The van der Waals surface area contributed by atoms with Crippen LogP contribution < -0.4 is 10.6 Å². The van der Waals surface area contributed by atoms with Crippen LogP contribution in [0.4, 0.5) is 11.4 Å². The van der Waals surface area contributed by atoms with Crippen molar-refractivity contribution in [3.8, 4) is 0 Å². The fraction of sp³-hybridized carbons (Fsp3) is 0.263. The summed E-state index contributed by atoms with van der Waals surface area (Å²) in [6, 6.07) is 15.0. The topological polar surface area (TPSA) is 61.4 Å². The molecule has 1 aliphatic heterocycles. The lowest BCUT2D eigenvalue weighted by Crippen LogP contribution is -2.27. The zero-order chi connectivity index (χ0) is 17.6. The van der Waals surface area contributed by atoms with E-state index in [0.717, 1.165) is 35.2 Å². The van der Waals surface area contributed by atoms with Crippen LogP contribution in [0.1, 0.15) is 23.2 Å². The van der Waals surface area contributed by atoms with Crippen LogP contribution >= 0.6 is 22.6 Å². The van der Waals surface area contributed by atoms with Gasteiger partial charge >= 0.3 is 0 Å². The third-order valence-electron chi connectivity index (χ3n) is 4.08. The first-order chi connectivity index (χ1) is 12.1. The number of nitrogens with one attached hydrogen (secondary N) is 2. The van der Waals surface area contributed by atoms with E-state index in [2.05, 4.69) is 33.2 Å². The number of halogens is 1. The molecule has 1 fully saturated rings. The standard InChI is InChI=1S/C19H20IN3O2/c20-15-6-8-16(9-7-15)21-13-18(24)22-17-5-3-4-14(12-17)19(25)23-10-1-2-11-23/h3-9,12,21H,1-2,10-11,13H2,(H,22,24). The zero-order valence-corrected chi connectivity index (χ0v) is 16.0. The molecule has 0 atom stereocenters. The molecule has 0 spiro atoms. The summed E-state index contributed by atoms with van der Waals surface area (Å²) in [5, 5.41) is 5.92. The number of anilines is 2. The first-order valence-electron chi connectivity index (χ1n) is 8.30. The molecular weight excluding hydrogens is 429 g/mol. The second-order valence-electron chi connectivity index (χ2n) is 5.99. The summed E-state index contributed by atoms with van der Waals surface area (Å²) in [7, 11) is 0. The number of hydrogen-bond donors (Lipinski definition) is 2. The van der Waals surface area contributed by atoms with Crippen LogP contribution in [0.25, 0.3) is 0 Å². The van der Waals surface area contributed by atoms with E-state index < -0.39 is 0 Å². The van der Waals surface area contributed by atoms with Gasteiger partial charge in [-0.1, -0.05) is 6.07 Å². The monoisotopic (exact) mass is 449 g/mol. The maximum absolute atomic E-state index is 12.4.